The Morgan fingerprint density at radius 3 is 2.53 bits per heavy atom. The molecule has 0 aromatic heterocycles. The molecule has 1 aromatic carbocycles. The summed E-state index contributed by atoms with van der Waals surface area (Å²) in [5, 5.41) is 5.10. The van der Waals surface area contributed by atoms with Crippen molar-refractivity contribution < 1.29 is 18.0 Å². The Bertz CT molecular complexity index is 404. The summed E-state index contributed by atoms with van der Waals surface area (Å²) in [5.41, 5.74) is -0.653. The molecule has 1 atom stereocenters. The van der Waals surface area contributed by atoms with Crippen molar-refractivity contribution in [1.82, 2.24) is 5.32 Å². The minimum atomic E-state index is -4.41. The van der Waals surface area contributed by atoms with Crippen molar-refractivity contribution in [2.45, 2.75) is 19.1 Å². The Hall–Kier alpha value is -1.56. The zero-order valence-corrected chi connectivity index (χ0v) is 9.43. The van der Waals surface area contributed by atoms with Crippen LogP contribution in [-0.2, 0) is 11.0 Å². The molecule has 0 saturated heterocycles. The number of hydrogen-bond acceptors (Lipinski definition) is 2. The maximum atomic E-state index is 12.4. The van der Waals surface area contributed by atoms with E-state index in [4.69, 9.17) is 0 Å². The molecule has 1 unspecified atom stereocenters. The highest BCUT2D eigenvalue weighted by Gasteiger charge is 2.30. The van der Waals surface area contributed by atoms with Gasteiger partial charge in [-0.15, -0.1) is 0 Å². The van der Waals surface area contributed by atoms with Gasteiger partial charge in [-0.3, -0.25) is 4.79 Å². The molecular weight excluding hydrogens is 233 g/mol. The topological polar surface area (TPSA) is 41.1 Å². The lowest BCUT2D eigenvalue weighted by molar-refractivity contribution is -0.137. The molecule has 6 heteroatoms. The van der Waals surface area contributed by atoms with Gasteiger partial charge < -0.3 is 10.6 Å². The van der Waals surface area contributed by atoms with Gasteiger partial charge in [-0.2, -0.15) is 13.2 Å². The lowest BCUT2D eigenvalue weighted by atomic mass is 10.2. The second-order valence-electron chi connectivity index (χ2n) is 3.58. The fourth-order valence-corrected chi connectivity index (χ4v) is 1.15. The van der Waals surface area contributed by atoms with E-state index in [9.17, 15) is 18.0 Å². The number of halogens is 3. The van der Waals surface area contributed by atoms with Gasteiger partial charge in [0.2, 0.25) is 5.91 Å². The first-order valence-corrected chi connectivity index (χ1v) is 5.00. The molecule has 17 heavy (non-hydrogen) atoms. The fourth-order valence-electron chi connectivity index (χ4n) is 1.15. The molecule has 2 N–H and O–H groups in total. The van der Waals surface area contributed by atoms with E-state index in [1.807, 2.05) is 0 Å². The maximum Gasteiger partial charge on any atom is 0.416 e. The number of hydrogen-bond donors (Lipinski definition) is 2. The predicted octanol–water partition coefficient (Wildman–Crippen LogP) is 2.25. The minimum absolute atomic E-state index is 0.131. The SMILES string of the molecule is CNC(C)C(=O)Nc1cccc(C(F)(F)F)c1. The number of rotatable bonds is 3. The number of benzene rings is 1. The number of nitrogens with one attached hydrogen (secondary N) is 2. The molecule has 0 heterocycles. The Balaban J connectivity index is 2.83. The minimum Gasteiger partial charge on any atom is -0.325 e. The van der Waals surface area contributed by atoms with Gasteiger partial charge in [0.05, 0.1) is 11.6 Å². The Labute approximate surface area is 97.0 Å². The Morgan fingerprint density at radius 1 is 1.35 bits per heavy atom. The van der Waals surface area contributed by atoms with E-state index in [2.05, 4.69) is 10.6 Å². The number of amides is 1. The van der Waals surface area contributed by atoms with Gasteiger partial charge in [-0.05, 0) is 32.2 Å². The standard InChI is InChI=1S/C11H13F3N2O/c1-7(15-2)10(17)16-9-5-3-4-8(6-9)11(12,13)14/h3-7,15H,1-2H3,(H,16,17). The molecule has 1 rings (SSSR count). The van der Waals surface area contributed by atoms with Crippen LogP contribution in [0, 0.1) is 0 Å². The van der Waals surface area contributed by atoms with E-state index < -0.39 is 17.8 Å². The summed E-state index contributed by atoms with van der Waals surface area (Å²) in [4.78, 5) is 11.4. The summed E-state index contributed by atoms with van der Waals surface area (Å²) in [5.74, 6) is -0.383. The monoisotopic (exact) mass is 246 g/mol. The molecule has 94 valence electrons. The molecule has 1 amide bonds. The second kappa shape index (κ2) is 5.18. The zero-order valence-electron chi connectivity index (χ0n) is 9.43. The highest BCUT2D eigenvalue weighted by Crippen LogP contribution is 2.30. The molecule has 0 spiro atoms. The van der Waals surface area contributed by atoms with Crippen LogP contribution in [0.3, 0.4) is 0 Å². The van der Waals surface area contributed by atoms with E-state index in [0.717, 1.165) is 12.1 Å². The van der Waals surface area contributed by atoms with Crippen molar-refractivity contribution in [2.24, 2.45) is 0 Å². The van der Waals surface area contributed by atoms with Crippen molar-refractivity contribution in [1.29, 1.82) is 0 Å². The van der Waals surface area contributed by atoms with Gasteiger partial charge in [0, 0.05) is 5.69 Å². The molecule has 0 radical (unpaired) electrons. The molecule has 3 nitrogen and oxygen atoms in total. The average molecular weight is 246 g/mol. The highest BCUT2D eigenvalue weighted by molar-refractivity contribution is 5.94. The van der Waals surface area contributed by atoms with E-state index in [-0.39, 0.29) is 11.6 Å². The molecule has 1 aromatic rings. The number of likely N-dealkylation sites (N-methyl/N-ethyl adjacent to an activating group) is 1. The number of anilines is 1. The lowest BCUT2D eigenvalue weighted by Gasteiger charge is -2.12. The second-order valence-corrected chi connectivity index (χ2v) is 3.58. The normalized spacial score (nSPS) is 13.2. The first kappa shape index (κ1) is 13.5. The fraction of sp³-hybridized carbons (Fsp3) is 0.364. The maximum absolute atomic E-state index is 12.4. The smallest absolute Gasteiger partial charge is 0.325 e. The van der Waals surface area contributed by atoms with Crippen LogP contribution in [0.15, 0.2) is 24.3 Å². The number of carbonyl (C=O) groups excluding carboxylic acids is 1. The van der Waals surface area contributed by atoms with Crippen LogP contribution in [0.5, 0.6) is 0 Å². The van der Waals surface area contributed by atoms with Gasteiger partial charge in [0.25, 0.3) is 0 Å². The highest BCUT2D eigenvalue weighted by atomic mass is 19.4. The average Bonchev–Trinajstić information content (AvgIpc) is 2.27. The van der Waals surface area contributed by atoms with Crippen LogP contribution in [-0.4, -0.2) is 19.0 Å². The molecule has 0 saturated carbocycles. The van der Waals surface area contributed by atoms with E-state index >= 15 is 0 Å². The van der Waals surface area contributed by atoms with E-state index in [0.29, 0.717) is 0 Å². The van der Waals surface area contributed by atoms with Gasteiger partial charge in [-0.25, -0.2) is 0 Å². The molecule has 0 aliphatic carbocycles. The first-order valence-electron chi connectivity index (χ1n) is 5.00. The molecule has 0 bridgehead atoms. The third kappa shape index (κ3) is 3.74. The van der Waals surface area contributed by atoms with Crippen LogP contribution in [0.4, 0.5) is 18.9 Å². The molecule has 0 aliphatic heterocycles. The van der Waals surface area contributed by atoms with Crippen molar-refractivity contribution in [3.8, 4) is 0 Å². The lowest BCUT2D eigenvalue weighted by Crippen LogP contribution is -2.35. The van der Waals surface area contributed by atoms with Crippen molar-refractivity contribution >= 4 is 11.6 Å². The Kier molecular flexibility index (Phi) is 4.11. The molecule has 0 aliphatic rings. The number of carbonyl (C=O) groups is 1. The summed E-state index contributed by atoms with van der Waals surface area (Å²) in [6.45, 7) is 1.61. The zero-order chi connectivity index (χ0) is 13.1. The van der Waals surface area contributed by atoms with E-state index in [1.165, 1.54) is 12.1 Å². The van der Waals surface area contributed by atoms with Crippen LogP contribution < -0.4 is 10.6 Å². The number of alkyl halides is 3. The third-order valence-electron chi connectivity index (χ3n) is 2.28. The van der Waals surface area contributed by atoms with Crippen molar-refractivity contribution in [2.75, 3.05) is 12.4 Å². The van der Waals surface area contributed by atoms with Gasteiger partial charge in [-0.1, -0.05) is 6.07 Å². The molecule has 0 fully saturated rings. The predicted molar refractivity (Wildman–Crippen MR) is 58.6 cm³/mol. The summed E-state index contributed by atoms with van der Waals surface area (Å²) in [6.07, 6.45) is -4.41. The van der Waals surface area contributed by atoms with Crippen molar-refractivity contribution in [3.05, 3.63) is 29.8 Å². The molecular formula is C11H13F3N2O. The largest absolute Gasteiger partial charge is 0.416 e. The van der Waals surface area contributed by atoms with Crippen molar-refractivity contribution in [3.63, 3.8) is 0 Å². The van der Waals surface area contributed by atoms with Crippen LogP contribution in [0.1, 0.15) is 12.5 Å². The quantitative estimate of drug-likeness (QED) is 0.858. The van der Waals surface area contributed by atoms with E-state index in [1.54, 1.807) is 14.0 Å². The van der Waals surface area contributed by atoms with Crippen LogP contribution >= 0.6 is 0 Å². The van der Waals surface area contributed by atoms with Crippen LogP contribution in [0.25, 0.3) is 0 Å². The summed E-state index contributed by atoms with van der Waals surface area (Å²) >= 11 is 0. The van der Waals surface area contributed by atoms with Gasteiger partial charge in [0.15, 0.2) is 0 Å². The summed E-state index contributed by atoms with van der Waals surface area (Å²) < 4.78 is 37.2. The van der Waals surface area contributed by atoms with Gasteiger partial charge >= 0.3 is 6.18 Å². The van der Waals surface area contributed by atoms with Gasteiger partial charge in [0.1, 0.15) is 0 Å². The van der Waals surface area contributed by atoms with Crippen LogP contribution in [0.2, 0.25) is 0 Å². The first-order chi connectivity index (χ1) is 7.84. The summed E-state index contributed by atoms with van der Waals surface area (Å²) in [6, 6.07) is 4.06. The summed E-state index contributed by atoms with van der Waals surface area (Å²) in [7, 11) is 1.59. The third-order valence-corrected chi connectivity index (χ3v) is 2.28. The Morgan fingerprint density at radius 2 is 2.00 bits per heavy atom.